The van der Waals surface area contributed by atoms with Gasteiger partial charge in [-0.3, -0.25) is 9.36 Å². The molecule has 0 atom stereocenters. The van der Waals surface area contributed by atoms with Gasteiger partial charge in [-0.15, -0.1) is 21.5 Å². The molecule has 0 aliphatic carbocycles. The lowest BCUT2D eigenvalue weighted by atomic mass is 10.1. The Hall–Kier alpha value is -2.19. The van der Waals surface area contributed by atoms with Crippen LogP contribution in [0.4, 0.5) is 5.13 Å². The lowest BCUT2D eigenvalue weighted by Gasteiger charge is -2.10. The summed E-state index contributed by atoms with van der Waals surface area (Å²) in [4.78, 5) is 17.3. The van der Waals surface area contributed by atoms with Crippen LogP contribution in [0, 0.1) is 6.92 Å². The van der Waals surface area contributed by atoms with Crippen molar-refractivity contribution in [3.8, 4) is 5.69 Å². The highest BCUT2D eigenvalue weighted by atomic mass is 32.2. The molecule has 24 heavy (non-hydrogen) atoms. The Kier molecular flexibility index (Phi) is 5.27. The van der Waals surface area contributed by atoms with Gasteiger partial charge in [-0.05, 0) is 25.0 Å². The molecular formula is C16H17N5OS2. The second kappa shape index (κ2) is 7.59. The smallest absolute Gasteiger partial charge is 0.236 e. The predicted octanol–water partition coefficient (Wildman–Crippen LogP) is 3.33. The zero-order valence-corrected chi connectivity index (χ0v) is 15.0. The van der Waals surface area contributed by atoms with Crippen molar-refractivity contribution in [3.63, 3.8) is 0 Å². The van der Waals surface area contributed by atoms with Gasteiger partial charge in [-0.1, -0.05) is 36.9 Å². The maximum Gasteiger partial charge on any atom is 0.236 e. The van der Waals surface area contributed by atoms with Crippen molar-refractivity contribution in [2.75, 3.05) is 11.1 Å². The van der Waals surface area contributed by atoms with Crippen molar-refractivity contribution in [2.45, 2.75) is 25.4 Å². The van der Waals surface area contributed by atoms with Crippen LogP contribution in [-0.2, 0) is 11.2 Å². The van der Waals surface area contributed by atoms with Crippen LogP contribution in [0.2, 0.25) is 0 Å². The molecule has 124 valence electrons. The van der Waals surface area contributed by atoms with Crippen LogP contribution in [0.1, 0.15) is 17.4 Å². The molecule has 2 aromatic heterocycles. The van der Waals surface area contributed by atoms with Gasteiger partial charge in [0.2, 0.25) is 5.91 Å². The molecular weight excluding hydrogens is 342 g/mol. The Morgan fingerprint density at radius 2 is 2.21 bits per heavy atom. The quantitative estimate of drug-likeness (QED) is 0.684. The van der Waals surface area contributed by atoms with E-state index in [0.717, 1.165) is 17.0 Å². The minimum Gasteiger partial charge on any atom is -0.301 e. The Morgan fingerprint density at radius 1 is 1.38 bits per heavy atom. The number of carbonyl (C=O) groups is 1. The average molecular weight is 359 g/mol. The summed E-state index contributed by atoms with van der Waals surface area (Å²) in [6.45, 7) is 4.06. The summed E-state index contributed by atoms with van der Waals surface area (Å²) in [6.07, 6.45) is 4.34. The SMILES string of the molecule is CCc1ccccc1-n1cnnc1SCC(=O)Nc1ncc(C)s1. The van der Waals surface area contributed by atoms with E-state index >= 15 is 0 Å². The topological polar surface area (TPSA) is 72.7 Å². The largest absolute Gasteiger partial charge is 0.301 e. The van der Waals surface area contributed by atoms with Crippen molar-refractivity contribution < 1.29 is 4.79 Å². The number of nitrogens with one attached hydrogen (secondary N) is 1. The highest BCUT2D eigenvalue weighted by Crippen LogP contribution is 2.23. The number of anilines is 1. The molecule has 6 nitrogen and oxygen atoms in total. The standard InChI is InChI=1S/C16H17N5OS2/c1-3-12-6-4-5-7-13(12)21-10-18-20-16(21)23-9-14(22)19-15-17-8-11(2)24-15/h4-8,10H,3,9H2,1-2H3,(H,17,19,22). The van der Waals surface area contributed by atoms with Gasteiger partial charge in [-0.25, -0.2) is 4.98 Å². The predicted molar refractivity (Wildman–Crippen MR) is 96.9 cm³/mol. The van der Waals surface area contributed by atoms with Crippen molar-refractivity contribution in [1.82, 2.24) is 19.7 Å². The Morgan fingerprint density at radius 3 is 2.96 bits per heavy atom. The maximum atomic E-state index is 12.1. The second-order valence-corrected chi connectivity index (χ2v) is 7.26. The van der Waals surface area contributed by atoms with Gasteiger partial charge in [0.15, 0.2) is 10.3 Å². The highest BCUT2D eigenvalue weighted by Gasteiger charge is 2.13. The number of aromatic nitrogens is 4. The monoisotopic (exact) mass is 359 g/mol. The molecule has 0 unspecified atom stereocenters. The maximum absolute atomic E-state index is 12.1. The summed E-state index contributed by atoms with van der Waals surface area (Å²) in [5.41, 5.74) is 2.25. The fourth-order valence-electron chi connectivity index (χ4n) is 2.23. The lowest BCUT2D eigenvalue weighted by Crippen LogP contribution is -2.14. The second-order valence-electron chi connectivity index (χ2n) is 5.08. The minimum atomic E-state index is -0.104. The number of thiazole rings is 1. The molecule has 3 rings (SSSR count). The Bertz CT molecular complexity index is 842. The summed E-state index contributed by atoms with van der Waals surface area (Å²) in [5.74, 6) is 0.152. The highest BCUT2D eigenvalue weighted by molar-refractivity contribution is 7.99. The van der Waals surface area contributed by atoms with E-state index in [0.29, 0.717) is 10.3 Å². The number of aryl methyl sites for hydroxylation is 2. The van der Waals surface area contributed by atoms with Crippen LogP contribution < -0.4 is 5.32 Å². The lowest BCUT2D eigenvalue weighted by molar-refractivity contribution is -0.113. The number of rotatable bonds is 6. The first-order valence-electron chi connectivity index (χ1n) is 7.50. The molecule has 0 radical (unpaired) electrons. The molecule has 0 fully saturated rings. The average Bonchev–Trinajstić information content (AvgIpc) is 3.21. The third-order valence-electron chi connectivity index (χ3n) is 3.35. The van der Waals surface area contributed by atoms with E-state index in [1.165, 1.54) is 28.7 Å². The zero-order chi connectivity index (χ0) is 16.9. The summed E-state index contributed by atoms with van der Waals surface area (Å²) >= 11 is 2.81. The molecule has 0 aliphatic rings. The summed E-state index contributed by atoms with van der Waals surface area (Å²) in [7, 11) is 0. The zero-order valence-electron chi connectivity index (χ0n) is 13.4. The van der Waals surface area contributed by atoms with Gasteiger partial charge in [0.25, 0.3) is 0 Å². The molecule has 1 aromatic carbocycles. The van der Waals surface area contributed by atoms with E-state index in [-0.39, 0.29) is 11.7 Å². The first-order valence-corrected chi connectivity index (χ1v) is 9.31. The number of hydrogen-bond donors (Lipinski definition) is 1. The Labute approximate surface area is 148 Å². The van der Waals surface area contributed by atoms with Crippen molar-refractivity contribution in [3.05, 3.63) is 47.2 Å². The van der Waals surface area contributed by atoms with E-state index in [1.54, 1.807) is 12.5 Å². The molecule has 1 N–H and O–H groups in total. The van der Waals surface area contributed by atoms with Crippen molar-refractivity contribution >= 4 is 34.1 Å². The number of carbonyl (C=O) groups excluding carboxylic acids is 1. The molecule has 0 bridgehead atoms. The van der Waals surface area contributed by atoms with Crippen molar-refractivity contribution in [1.29, 1.82) is 0 Å². The van der Waals surface area contributed by atoms with Gasteiger partial charge in [-0.2, -0.15) is 0 Å². The molecule has 0 saturated carbocycles. The van der Waals surface area contributed by atoms with E-state index in [4.69, 9.17) is 0 Å². The molecule has 2 heterocycles. The number of benzene rings is 1. The minimum absolute atomic E-state index is 0.104. The summed E-state index contributed by atoms with van der Waals surface area (Å²) < 4.78 is 1.92. The van der Waals surface area contributed by atoms with Crippen molar-refractivity contribution in [2.24, 2.45) is 0 Å². The van der Waals surface area contributed by atoms with E-state index in [2.05, 4.69) is 33.5 Å². The van der Waals surface area contributed by atoms with Gasteiger partial charge in [0.05, 0.1) is 11.4 Å². The number of amides is 1. The van der Waals surface area contributed by atoms with Crippen LogP contribution in [0.15, 0.2) is 41.9 Å². The molecule has 3 aromatic rings. The fraction of sp³-hybridized carbons (Fsp3) is 0.250. The number of hydrogen-bond acceptors (Lipinski definition) is 6. The van der Waals surface area contributed by atoms with Crippen LogP contribution in [0.5, 0.6) is 0 Å². The third kappa shape index (κ3) is 3.82. The van der Waals surface area contributed by atoms with E-state index in [9.17, 15) is 4.79 Å². The van der Waals surface area contributed by atoms with Gasteiger partial charge >= 0.3 is 0 Å². The van der Waals surface area contributed by atoms with E-state index in [1.807, 2.05) is 29.7 Å². The van der Waals surface area contributed by atoms with Crippen LogP contribution in [0.25, 0.3) is 5.69 Å². The van der Waals surface area contributed by atoms with Gasteiger partial charge < -0.3 is 5.32 Å². The fourth-order valence-corrected chi connectivity index (χ4v) is 3.63. The number of thioether (sulfide) groups is 1. The van der Waals surface area contributed by atoms with Crippen LogP contribution in [0.3, 0.4) is 0 Å². The molecule has 8 heteroatoms. The van der Waals surface area contributed by atoms with Crippen LogP contribution in [-0.4, -0.2) is 31.4 Å². The third-order valence-corrected chi connectivity index (χ3v) is 5.12. The molecule has 0 aliphatic heterocycles. The number of nitrogens with zero attached hydrogens (tertiary/aromatic N) is 4. The molecule has 0 saturated heterocycles. The first kappa shape index (κ1) is 16.7. The van der Waals surface area contributed by atoms with E-state index < -0.39 is 0 Å². The molecule has 0 spiro atoms. The Balaban J connectivity index is 1.68. The first-order chi connectivity index (χ1) is 11.7. The van der Waals surface area contributed by atoms with Gasteiger partial charge in [0.1, 0.15) is 6.33 Å². The number of para-hydroxylation sites is 1. The summed E-state index contributed by atoms with van der Waals surface area (Å²) in [6, 6.07) is 8.12. The van der Waals surface area contributed by atoms with Gasteiger partial charge in [0, 0.05) is 11.1 Å². The summed E-state index contributed by atoms with van der Waals surface area (Å²) in [5, 5.41) is 12.2. The normalized spacial score (nSPS) is 10.8. The van der Waals surface area contributed by atoms with Crippen LogP contribution >= 0.6 is 23.1 Å². The molecule has 1 amide bonds.